The van der Waals surface area contributed by atoms with Crippen LogP contribution in [0.5, 0.6) is 11.5 Å². The minimum Gasteiger partial charge on any atom is -0.507 e. The largest absolute Gasteiger partial charge is 0.507 e. The molecule has 0 radical (unpaired) electrons. The molecule has 2 aliphatic heterocycles. The maximum absolute atomic E-state index is 13.4. The van der Waals surface area contributed by atoms with Gasteiger partial charge < -0.3 is 19.5 Å². The normalized spacial score (nSPS) is 19.4. The Morgan fingerprint density at radius 1 is 1.00 bits per heavy atom. The molecule has 1 saturated heterocycles. The van der Waals surface area contributed by atoms with Crippen molar-refractivity contribution in [3.63, 3.8) is 0 Å². The van der Waals surface area contributed by atoms with E-state index < -0.39 is 17.7 Å². The van der Waals surface area contributed by atoms with Crippen molar-refractivity contribution in [1.82, 2.24) is 9.88 Å². The van der Waals surface area contributed by atoms with Crippen LogP contribution in [0.15, 0.2) is 103 Å². The molecule has 2 unspecified atom stereocenters. The number of pyridine rings is 1. The van der Waals surface area contributed by atoms with Gasteiger partial charge in [-0.1, -0.05) is 48.5 Å². The molecule has 200 valence electrons. The van der Waals surface area contributed by atoms with Gasteiger partial charge in [0.15, 0.2) is 0 Å². The Labute approximate surface area is 232 Å². The van der Waals surface area contributed by atoms with Crippen molar-refractivity contribution >= 4 is 17.4 Å². The number of hydrogen-bond donors (Lipinski definition) is 1. The van der Waals surface area contributed by atoms with Crippen molar-refractivity contribution < 1.29 is 24.2 Å². The van der Waals surface area contributed by atoms with Crippen LogP contribution >= 0.6 is 0 Å². The van der Waals surface area contributed by atoms with Crippen LogP contribution in [0.4, 0.5) is 0 Å². The Kier molecular flexibility index (Phi) is 6.78. The van der Waals surface area contributed by atoms with Gasteiger partial charge in [-0.2, -0.15) is 0 Å². The first-order chi connectivity index (χ1) is 19.5. The minimum absolute atomic E-state index is 0.0417. The average Bonchev–Trinajstić information content (AvgIpc) is 3.48. The Bertz CT molecular complexity index is 1580. The number of carbonyl (C=O) groups is 2. The molecule has 1 N–H and O–H groups in total. The topological polar surface area (TPSA) is 89.0 Å². The average molecular weight is 533 g/mol. The van der Waals surface area contributed by atoms with Crippen LogP contribution in [0.2, 0.25) is 0 Å². The number of benzene rings is 3. The standard InChI is InChI=1S/C33H28N2O5/c1-21-16-26-17-25(11-14-28(26)40-21)31(36)29-30(35(33(38)32(29)37)19-23-8-5-15-34-18-23)24-9-12-27(13-10-24)39-20-22-6-3-2-4-7-22/h2-15,17-18,21,30,36H,16,19-20H2,1H3. The van der Waals surface area contributed by atoms with Gasteiger partial charge in [-0.25, -0.2) is 0 Å². The quantitative estimate of drug-likeness (QED) is 0.189. The number of nitrogens with zero attached hydrogens (tertiary/aromatic N) is 2. The van der Waals surface area contributed by atoms with Gasteiger partial charge in [0, 0.05) is 30.9 Å². The number of aromatic nitrogens is 1. The van der Waals surface area contributed by atoms with E-state index in [1.807, 2.05) is 73.7 Å². The minimum atomic E-state index is -0.785. The first-order valence-corrected chi connectivity index (χ1v) is 13.2. The fourth-order valence-electron chi connectivity index (χ4n) is 5.29. The second-order valence-corrected chi connectivity index (χ2v) is 10.1. The van der Waals surface area contributed by atoms with E-state index in [9.17, 15) is 14.7 Å². The summed E-state index contributed by atoms with van der Waals surface area (Å²) >= 11 is 0. The van der Waals surface area contributed by atoms with Gasteiger partial charge in [0.05, 0.1) is 11.6 Å². The predicted molar refractivity (Wildman–Crippen MR) is 150 cm³/mol. The summed E-state index contributed by atoms with van der Waals surface area (Å²) in [4.78, 5) is 32.4. The zero-order valence-electron chi connectivity index (χ0n) is 22.0. The summed E-state index contributed by atoms with van der Waals surface area (Å²) in [5, 5.41) is 11.5. The van der Waals surface area contributed by atoms with Gasteiger partial charge in [-0.15, -0.1) is 0 Å². The number of amides is 1. The molecule has 0 saturated carbocycles. The molecule has 0 aliphatic carbocycles. The smallest absolute Gasteiger partial charge is 0.295 e. The molecule has 4 aromatic rings. The summed E-state index contributed by atoms with van der Waals surface area (Å²) in [6, 6.07) is 25.4. The van der Waals surface area contributed by atoms with Crippen molar-refractivity contribution in [2.45, 2.75) is 38.6 Å². The summed E-state index contributed by atoms with van der Waals surface area (Å²) in [6.45, 7) is 2.57. The molecule has 0 spiro atoms. The van der Waals surface area contributed by atoms with E-state index in [1.54, 1.807) is 30.6 Å². The number of ketones is 1. The van der Waals surface area contributed by atoms with Gasteiger partial charge in [-0.3, -0.25) is 14.6 Å². The summed E-state index contributed by atoms with van der Waals surface area (Å²) in [5.41, 5.74) is 4.00. The summed E-state index contributed by atoms with van der Waals surface area (Å²) in [6.07, 6.45) is 4.07. The highest BCUT2D eigenvalue weighted by Gasteiger charge is 2.46. The molecule has 3 heterocycles. The third-order valence-corrected chi connectivity index (χ3v) is 7.23. The van der Waals surface area contributed by atoms with Crippen LogP contribution in [0.25, 0.3) is 5.76 Å². The van der Waals surface area contributed by atoms with Crippen molar-refractivity contribution in [1.29, 1.82) is 0 Å². The van der Waals surface area contributed by atoms with Gasteiger partial charge in [0.2, 0.25) is 0 Å². The lowest BCUT2D eigenvalue weighted by Gasteiger charge is -2.25. The summed E-state index contributed by atoms with van der Waals surface area (Å²) in [7, 11) is 0. The fourth-order valence-corrected chi connectivity index (χ4v) is 5.29. The Balaban J connectivity index is 1.37. The lowest BCUT2D eigenvalue weighted by molar-refractivity contribution is -0.140. The highest BCUT2D eigenvalue weighted by Crippen LogP contribution is 2.41. The molecule has 2 aliphatic rings. The van der Waals surface area contributed by atoms with Crippen molar-refractivity contribution in [2.24, 2.45) is 0 Å². The number of rotatable bonds is 7. The summed E-state index contributed by atoms with van der Waals surface area (Å²) < 4.78 is 11.7. The molecule has 7 heteroatoms. The van der Waals surface area contributed by atoms with E-state index >= 15 is 0 Å². The first-order valence-electron chi connectivity index (χ1n) is 13.2. The maximum atomic E-state index is 13.4. The second kappa shape index (κ2) is 10.7. The van der Waals surface area contributed by atoms with Crippen molar-refractivity contribution in [3.05, 3.63) is 131 Å². The van der Waals surface area contributed by atoms with E-state index in [1.165, 1.54) is 4.90 Å². The lowest BCUT2D eigenvalue weighted by atomic mass is 9.94. The molecular formula is C33H28N2O5. The molecule has 1 aromatic heterocycles. The number of fused-ring (bicyclic) bond motifs is 1. The molecule has 40 heavy (non-hydrogen) atoms. The van der Waals surface area contributed by atoms with E-state index in [4.69, 9.17) is 9.47 Å². The van der Waals surface area contributed by atoms with Crippen LogP contribution in [-0.2, 0) is 29.2 Å². The number of aliphatic hydroxyl groups is 1. The number of Topliss-reactive ketones (excluding diaryl/α,β-unsaturated/α-hetero) is 1. The van der Waals surface area contributed by atoms with Crippen LogP contribution in [0.3, 0.4) is 0 Å². The van der Waals surface area contributed by atoms with Crippen LogP contribution in [0.1, 0.15) is 40.8 Å². The second-order valence-electron chi connectivity index (χ2n) is 10.1. The fraction of sp³-hybridized carbons (Fsp3) is 0.182. The first kappa shape index (κ1) is 25.4. The Hall–Kier alpha value is -4.91. The highest BCUT2D eigenvalue weighted by molar-refractivity contribution is 6.46. The zero-order valence-corrected chi connectivity index (χ0v) is 22.0. The predicted octanol–water partition coefficient (Wildman–Crippen LogP) is 5.61. The number of aliphatic hydroxyl groups excluding tert-OH is 1. The molecule has 1 fully saturated rings. The van der Waals surface area contributed by atoms with E-state index in [0.29, 0.717) is 29.9 Å². The van der Waals surface area contributed by atoms with Crippen molar-refractivity contribution in [2.75, 3.05) is 0 Å². The number of likely N-dealkylation sites (tertiary alicyclic amines) is 1. The van der Waals surface area contributed by atoms with Gasteiger partial charge in [0.1, 0.15) is 30.0 Å². The van der Waals surface area contributed by atoms with Gasteiger partial charge >= 0.3 is 0 Å². The van der Waals surface area contributed by atoms with Gasteiger partial charge in [-0.05, 0) is 65.6 Å². The molecule has 6 rings (SSSR count). The molecular weight excluding hydrogens is 504 g/mol. The SMILES string of the molecule is CC1Cc2cc(C(O)=C3C(=O)C(=O)N(Cc4cccnc4)C3c3ccc(OCc4ccccc4)cc3)ccc2O1. The third-order valence-electron chi connectivity index (χ3n) is 7.23. The maximum Gasteiger partial charge on any atom is 0.295 e. The van der Waals surface area contributed by atoms with E-state index in [0.717, 1.165) is 22.4 Å². The number of carbonyl (C=O) groups excluding carboxylic acids is 2. The molecule has 0 bridgehead atoms. The van der Waals surface area contributed by atoms with Crippen LogP contribution in [-0.4, -0.2) is 32.8 Å². The highest BCUT2D eigenvalue weighted by atomic mass is 16.5. The Morgan fingerprint density at radius 3 is 2.52 bits per heavy atom. The van der Waals surface area contributed by atoms with Crippen molar-refractivity contribution in [3.8, 4) is 11.5 Å². The Morgan fingerprint density at radius 2 is 1.77 bits per heavy atom. The van der Waals surface area contributed by atoms with E-state index in [-0.39, 0.29) is 24.0 Å². The van der Waals surface area contributed by atoms with Gasteiger partial charge in [0.25, 0.3) is 11.7 Å². The number of ether oxygens (including phenoxy) is 2. The molecule has 2 atom stereocenters. The van der Waals surface area contributed by atoms with Crippen LogP contribution in [0, 0.1) is 0 Å². The molecule has 7 nitrogen and oxygen atoms in total. The lowest BCUT2D eigenvalue weighted by Crippen LogP contribution is -2.29. The monoisotopic (exact) mass is 532 g/mol. The molecule has 3 aromatic carbocycles. The van der Waals surface area contributed by atoms with E-state index in [2.05, 4.69) is 4.98 Å². The molecule has 1 amide bonds. The number of hydrogen-bond acceptors (Lipinski definition) is 6. The van der Waals surface area contributed by atoms with Crippen LogP contribution < -0.4 is 9.47 Å². The zero-order chi connectivity index (χ0) is 27.6. The summed E-state index contributed by atoms with van der Waals surface area (Å²) in [5.74, 6) is -0.170. The third kappa shape index (κ3) is 4.94.